The monoisotopic (exact) mass is 321 g/mol. The molecule has 1 rings (SSSR count). The van der Waals surface area contributed by atoms with Gasteiger partial charge in [0.15, 0.2) is 0 Å². The third kappa shape index (κ3) is 5.63. The normalized spacial score (nSPS) is 18.4. The Balaban J connectivity index is 2.81. The van der Waals surface area contributed by atoms with Gasteiger partial charge in [-0.3, -0.25) is 0 Å². The Morgan fingerprint density at radius 3 is 2.25 bits per heavy atom. The molecule has 0 spiro atoms. The van der Waals surface area contributed by atoms with Crippen LogP contribution in [0, 0.1) is 5.92 Å². The Morgan fingerprint density at radius 2 is 1.80 bits per heavy atom. The van der Waals surface area contributed by atoms with Gasteiger partial charge in [-0.1, -0.05) is 38.9 Å². The van der Waals surface area contributed by atoms with E-state index in [4.69, 9.17) is 18.0 Å². The van der Waals surface area contributed by atoms with Gasteiger partial charge in [-0.05, 0) is 18.8 Å². The number of thiocarbonyl (C=S) groups is 1. The van der Waals surface area contributed by atoms with Crippen molar-refractivity contribution >= 4 is 27.4 Å². The molecule has 0 amide bonds. The van der Waals surface area contributed by atoms with Crippen LogP contribution < -0.4 is 5.73 Å². The first-order valence-electron chi connectivity index (χ1n) is 7.37. The Morgan fingerprint density at radius 1 is 1.25 bits per heavy atom. The fourth-order valence-corrected chi connectivity index (χ4v) is 4.32. The van der Waals surface area contributed by atoms with E-state index in [-0.39, 0.29) is 5.92 Å². The number of rotatable bonds is 7. The second kappa shape index (κ2) is 8.26. The highest BCUT2D eigenvalue weighted by Crippen LogP contribution is 2.17. The van der Waals surface area contributed by atoms with Crippen LogP contribution >= 0.6 is 12.2 Å². The van der Waals surface area contributed by atoms with Crippen LogP contribution in [0.1, 0.15) is 46.0 Å². The molecule has 7 heteroatoms. The first kappa shape index (κ1) is 17.8. The van der Waals surface area contributed by atoms with E-state index in [1.54, 1.807) is 8.61 Å². The summed E-state index contributed by atoms with van der Waals surface area (Å²) in [7, 11) is -3.39. The Kier molecular flexibility index (Phi) is 7.36. The fraction of sp³-hybridized carbons (Fsp3) is 0.923. The summed E-state index contributed by atoms with van der Waals surface area (Å²) in [6, 6.07) is 0. The van der Waals surface area contributed by atoms with Gasteiger partial charge in [-0.25, -0.2) is 0 Å². The zero-order valence-corrected chi connectivity index (χ0v) is 14.2. The van der Waals surface area contributed by atoms with Crippen molar-refractivity contribution in [1.29, 1.82) is 0 Å². The topological polar surface area (TPSA) is 66.6 Å². The number of hydrogen-bond donors (Lipinski definition) is 1. The SMILES string of the molecule is CC(C)CN(CCC(N)=S)S(=O)(=O)N1CCCCCC1. The van der Waals surface area contributed by atoms with Gasteiger partial charge in [0.25, 0.3) is 10.2 Å². The Bertz CT molecular complexity index is 402. The van der Waals surface area contributed by atoms with Gasteiger partial charge < -0.3 is 5.73 Å². The molecule has 0 aromatic carbocycles. The van der Waals surface area contributed by atoms with Crippen molar-refractivity contribution in [2.45, 2.75) is 46.0 Å². The lowest BCUT2D eigenvalue weighted by Crippen LogP contribution is -2.46. The van der Waals surface area contributed by atoms with Gasteiger partial charge >= 0.3 is 0 Å². The van der Waals surface area contributed by atoms with Crippen LogP contribution in [0.2, 0.25) is 0 Å². The van der Waals surface area contributed by atoms with Gasteiger partial charge in [-0.2, -0.15) is 17.0 Å². The van der Waals surface area contributed by atoms with Crippen molar-refractivity contribution in [2.75, 3.05) is 26.2 Å². The molecular formula is C13H27N3O2S2. The third-order valence-corrected chi connectivity index (χ3v) is 5.60. The quantitative estimate of drug-likeness (QED) is 0.725. The molecule has 1 aliphatic heterocycles. The van der Waals surface area contributed by atoms with E-state index in [0.717, 1.165) is 25.7 Å². The van der Waals surface area contributed by atoms with Crippen LogP contribution in [0.15, 0.2) is 0 Å². The summed E-state index contributed by atoms with van der Waals surface area (Å²) in [6.07, 6.45) is 4.56. The lowest BCUT2D eigenvalue weighted by atomic mass is 10.2. The second-order valence-electron chi connectivity index (χ2n) is 5.79. The number of nitrogens with two attached hydrogens (primary N) is 1. The fourth-order valence-electron chi connectivity index (χ4n) is 2.38. The van der Waals surface area contributed by atoms with Gasteiger partial charge in [0.2, 0.25) is 0 Å². The van der Waals surface area contributed by atoms with E-state index in [1.807, 2.05) is 13.8 Å². The summed E-state index contributed by atoms with van der Waals surface area (Å²) in [5.74, 6) is 0.281. The lowest BCUT2D eigenvalue weighted by molar-refractivity contribution is 0.322. The zero-order chi connectivity index (χ0) is 15.2. The Labute approximate surface area is 128 Å². The molecule has 0 saturated carbocycles. The van der Waals surface area contributed by atoms with Crippen LogP contribution in [-0.2, 0) is 10.2 Å². The second-order valence-corrected chi connectivity index (χ2v) is 8.24. The summed E-state index contributed by atoms with van der Waals surface area (Å²) >= 11 is 4.87. The number of nitrogens with zero attached hydrogens (tertiary/aromatic N) is 2. The zero-order valence-electron chi connectivity index (χ0n) is 12.5. The highest BCUT2D eigenvalue weighted by molar-refractivity contribution is 7.86. The van der Waals surface area contributed by atoms with Gasteiger partial charge in [0.05, 0.1) is 4.99 Å². The summed E-state index contributed by atoms with van der Waals surface area (Å²) in [4.78, 5) is 0.366. The van der Waals surface area contributed by atoms with Crippen LogP contribution in [0.4, 0.5) is 0 Å². The molecular weight excluding hydrogens is 294 g/mol. The van der Waals surface area contributed by atoms with Gasteiger partial charge in [0, 0.05) is 32.6 Å². The third-order valence-electron chi connectivity index (χ3n) is 3.39. The van der Waals surface area contributed by atoms with Crippen LogP contribution in [0.5, 0.6) is 0 Å². The minimum Gasteiger partial charge on any atom is -0.393 e. The van der Waals surface area contributed by atoms with E-state index in [1.165, 1.54) is 0 Å². The minimum atomic E-state index is -3.39. The van der Waals surface area contributed by atoms with Gasteiger partial charge in [0.1, 0.15) is 0 Å². The molecule has 0 bridgehead atoms. The van der Waals surface area contributed by atoms with E-state index in [2.05, 4.69) is 0 Å². The lowest BCUT2D eigenvalue weighted by Gasteiger charge is -2.30. The van der Waals surface area contributed by atoms with Gasteiger partial charge in [-0.15, -0.1) is 0 Å². The molecule has 1 heterocycles. The predicted molar refractivity (Wildman–Crippen MR) is 86.8 cm³/mol. The van der Waals surface area contributed by atoms with Crippen molar-refractivity contribution in [1.82, 2.24) is 8.61 Å². The predicted octanol–water partition coefficient (Wildman–Crippen LogP) is 1.74. The Hall–Kier alpha value is -0.240. The van der Waals surface area contributed by atoms with Crippen molar-refractivity contribution in [3.05, 3.63) is 0 Å². The van der Waals surface area contributed by atoms with E-state index in [0.29, 0.717) is 37.6 Å². The van der Waals surface area contributed by atoms with Crippen molar-refractivity contribution < 1.29 is 8.42 Å². The van der Waals surface area contributed by atoms with E-state index < -0.39 is 10.2 Å². The molecule has 0 aromatic heterocycles. The van der Waals surface area contributed by atoms with E-state index in [9.17, 15) is 8.42 Å². The smallest absolute Gasteiger partial charge is 0.281 e. The molecule has 20 heavy (non-hydrogen) atoms. The maximum Gasteiger partial charge on any atom is 0.281 e. The summed E-state index contributed by atoms with van der Waals surface area (Å²) < 4.78 is 28.7. The standard InChI is InChI=1S/C13H27N3O2S2/c1-12(2)11-16(10-7-13(14)19)20(17,18)15-8-5-3-4-6-9-15/h12H,3-11H2,1-2H3,(H2,14,19). The highest BCUT2D eigenvalue weighted by Gasteiger charge is 2.30. The summed E-state index contributed by atoms with van der Waals surface area (Å²) in [5, 5.41) is 0. The van der Waals surface area contributed by atoms with Crippen LogP contribution in [-0.4, -0.2) is 48.2 Å². The minimum absolute atomic E-state index is 0.281. The first-order valence-corrected chi connectivity index (χ1v) is 9.18. The number of hydrogen-bond acceptors (Lipinski definition) is 3. The average molecular weight is 322 g/mol. The van der Waals surface area contributed by atoms with Crippen molar-refractivity contribution in [3.63, 3.8) is 0 Å². The molecule has 0 radical (unpaired) electrons. The molecule has 0 unspecified atom stereocenters. The largest absolute Gasteiger partial charge is 0.393 e. The van der Waals surface area contributed by atoms with Crippen LogP contribution in [0.25, 0.3) is 0 Å². The molecule has 1 fully saturated rings. The molecule has 1 aliphatic rings. The summed E-state index contributed by atoms with van der Waals surface area (Å²) in [5.41, 5.74) is 5.51. The average Bonchev–Trinajstić information content (AvgIpc) is 2.62. The molecule has 5 nitrogen and oxygen atoms in total. The van der Waals surface area contributed by atoms with Crippen LogP contribution in [0.3, 0.4) is 0 Å². The molecule has 0 aromatic rings. The molecule has 2 N–H and O–H groups in total. The molecule has 0 atom stereocenters. The highest BCUT2D eigenvalue weighted by atomic mass is 32.2. The van der Waals surface area contributed by atoms with E-state index >= 15 is 0 Å². The maximum absolute atomic E-state index is 12.8. The molecule has 118 valence electrons. The maximum atomic E-state index is 12.8. The van der Waals surface area contributed by atoms with Crippen molar-refractivity contribution in [2.24, 2.45) is 11.7 Å². The molecule has 0 aliphatic carbocycles. The molecule has 1 saturated heterocycles. The summed E-state index contributed by atoms with van der Waals surface area (Å²) in [6.45, 7) is 6.19. The van der Waals surface area contributed by atoms with Crippen molar-refractivity contribution in [3.8, 4) is 0 Å². The first-order chi connectivity index (χ1) is 9.34.